The molecule has 8 nitrogen and oxygen atoms in total. The number of nitrogens with one attached hydrogen (secondary N) is 1. The Morgan fingerprint density at radius 2 is 1.89 bits per heavy atom. The number of hydrogen-bond donors (Lipinski definition) is 1. The number of halogens is 4. The molecule has 0 amide bonds. The van der Waals surface area contributed by atoms with Gasteiger partial charge in [0.05, 0.1) is 18.0 Å². The van der Waals surface area contributed by atoms with Gasteiger partial charge in [-0.2, -0.15) is 17.5 Å². The zero-order valence-corrected chi connectivity index (χ0v) is 21.0. The maximum absolute atomic E-state index is 13.6. The molecular weight excluding hydrogens is 534 g/mol. The van der Waals surface area contributed by atoms with Crippen LogP contribution in [0.25, 0.3) is 0 Å². The van der Waals surface area contributed by atoms with E-state index in [4.69, 9.17) is 4.74 Å². The maximum atomic E-state index is 13.6. The number of nitrogens with zero attached hydrogens (tertiary/aromatic N) is 4. The molecule has 0 bridgehead atoms. The molecule has 0 spiro atoms. The number of piperazine rings is 1. The van der Waals surface area contributed by atoms with Crippen LogP contribution in [0.5, 0.6) is 5.75 Å². The second kappa shape index (κ2) is 10.2. The van der Waals surface area contributed by atoms with Crippen LogP contribution in [0.15, 0.2) is 53.7 Å². The molecule has 2 aliphatic heterocycles. The van der Waals surface area contributed by atoms with Gasteiger partial charge in [-0.05, 0) is 23.8 Å². The summed E-state index contributed by atoms with van der Waals surface area (Å²) >= 11 is 0.908. The number of aromatic nitrogens is 2. The van der Waals surface area contributed by atoms with Crippen molar-refractivity contribution in [2.75, 3.05) is 37.5 Å². The number of hydrogen-bond acceptors (Lipinski definition) is 8. The third-order valence-corrected chi connectivity index (χ3v) is 8.50. The second-order valence-electron chi connectivity index (χ2n) is 8.86. The van der Waals surface area contributed by atoms with Gasteiger partial charge in [0.2, 0.25) is 5.13 Å². The van der Waals surface area contributed by atoms with E-state index >= 15 is 0 Å². The molecule has 0 saturated carbocycles. The Bertz CT molecular complexity index is 1340. The minimum Gasteiger partial charge on any atom is -0.493 e. The van der Waals surface area contributed by atoms with E-state index in [0.29, 0.717) is 30.9 Å². The summed E-state index contributed by atoms with van der Waals surface area (Å²) in [6, 6.07) is 9.74. The van der Waals surface area contributed by atoms with E-state index < -0.39 is 34.6 Å². The van der Waals surface area contributed by atoms with Gasteiger partial charge in [-0.1, -0.05) is 18.2 Å². The van der Waals surface area contributed by atoms with E-state index in [1.165, 1.54) is 35.5 Å². The summed E-state index contributed by atoms with van der Waals surface area (Å²) in [4.78, 5) is 7.30. The van der Waals surface area contributed by atoms with Crippen molar-refractivity contribution in [3.05, 3.63) is 65.7 Å². The van der Waals surface area contributed by atoms with Gasteiger partial charge >= 0.3 is 6.18 Å². The quantitative estimate of drug-likeness (QED) is 0.454. The molecule has 1 N–H and O–H groups in total. The fraction of sp³-hybridized carbons (Fsp3) is 0.391. The lowest BCUT2D eigenvalue weighted by Crippen LogP contribution is -2.52. The molecular formula is C23H23F4N5O3S2. The summed E-state index contributed by atoms with van der Waals surface area (Å²) in [6.45, 7) is -0.0330. The third-order valence-electron chi connectivity index (χ3n) is 6.45. The number of ether oxygens (including phenoxy) is 1. The Balaban J connectivity index is 1.44. The molecule has 3 heterocycles. The van der Waals surface area contributed by atoms with Crippen LogP contribution < -0.4 is 9.46 Å². The van der Waals surface area contributed by atoms with E-state index in [1.54, 1.807) is 18.2 Å². The van der Waals surface area contributed by atoms with E-state index in [1.807, 2.05) is 0 Å². The molecule has 37 heavy (non-hydrogen) atoms. The Morgan fingerprint density at radius 1 is 1.11 bits per heavy atom. The molecule has 0 radical (unpaired) electrons. The predicted molar refractivity (Wildman–Crippen MR) is 128 cm³/mol. The molecule has 2 aliphatic rings. The molecule has 198 valence electrons. The average Bonchev–Trinajstić information content (AvgIpc) is 3.35. The molecule has 5 rings (SSSR count). The van der Waals surface area contributed by atoms with Crippen LogP contribution in [0.3, 0.4) is 0 Å². The van der Waals surface area contributed by atoms with Crippen molar-refractivity contribution >= 4 is 26.7 Å². The number of anilines is 1. The van der Waals surface area contributed by atoms with Gasteiger partial charge in [-0.15, -0.1) is 0 Å². The monoisotopic (exact) mass is 557 g/mol. The highest BCUT2D eigenvalue weighted by Crippen LogP contribution is 2.42. The van der Waals surface area contributed by atoms with Gasteiger partial charge in [0, 0.05) is 61.3 Å². The van der Waals surface area contributed by atoms with Gasteiger partial charge in [-0.25, -0.2) is 17.8 Å². The second-order valence-corrected chi connectivity index (χ2v) is 11.3. The molecule has 2 unspecified atom stereocenters. The van der Waals surface area contributed by atoms with E-state index in [-0.39, 0.29) is 29.2 Å². The highest BCUT2D eigenvalue weighted by atomic mass is 32.2. The average molecular weight is 558 g/mol. The van der Waals surface area contributed by atoms with Crippen LogP contribution in [-0.2, 0) is 10.0 Å². The largest absolute Gasteiger partial charge is 0.493 e. The Labute approximate surface area is 215 Å². The predicted octanol–water partition coefficient (Wildman–Crippen LogP) is 4.22. The maximum Gasteiger partial charge on any atom is 0.401 e. The van der Waals surface area contributed by atoms with Crippen LogP contribution in [0.1, 0.15) is 29.6 Å². The molecule has 1 aromatic heterocycles. The first kappa shape index (κ1) is 25.8. The third kappa shape index (κ3) is 5.87. The molecule has 0 aliphatic carbocycles. The number of benzene rings is 2. The van der Waals surface area contributed by atoms with E-state index in [9.17, 15) is 26.0 Å². The minimum atomic E-state index is -4.33. The lowest BCUT2D eigenvalue weighted by atomic mass is 9.93. The topological polar surface area (TPSA) is 87.7 Å². The number of sulfonamides is 1. The van der Waals surface area contributed by atoms with Crippen molar-refractivity contribution < 1.29 is 30.7 Å². The molecule has 2 aromatic carbocycles. The van der Waals surface area contributed by atoms with Crippen LogP contribution in [0, 0.1) is 5.82 Å². The number of fused-ring (bicyclic) bond motifs is 1. The first-order chi connectivity index (χ1) is 17.6. The summed E-state index contributed by atoms with van der Waals surface area (Å²) in [6.07, 6.45) is -2.51. The van der Waals surface area contributed by atoms with Crippen molar-refractivity contribution in [1.82, 2.24) is 19.2 Å². The van der Waals surface area contributed by atoms with Crippen molar-refractivity contribution in [1.29, 1.82) is 0 Å². The fourth-order valence-corrected chi connectivity index (χ4v) is 6.54. The standard InChI is InChI=1S/C23H23F4N5O3S2/c24-16-3-1-15(2-4-16)20-12-31(13-23(25,26)27)8-9-32(20)19-7-10-35-21-11-17(5-6-18(19)21)37(33,34)30-22-28-14-29-36-22/h1-6,11,14,19-20H,7-10,12-13H2,(H,28,29,30). The number of alkyl halides is 3. The van der Waals surface area contributed by atoms with Crippen molar-refractivity contribution in [3.63, 3.8) is 0 Å². The zero-order chi connectivity index (χ0) is 26.2. The lowest BCUT2D eigenvalue weighted by Gasteiger charge is -2.47. The normalized spacial score (nSPS) is 21.3. The van der Waals surface area contributed by atoms with Gasteiger partial charge in [0.25, 0.3) is 10.0 Å². The van der Waals surface area contributed by atoms with Crippen molar-refractivity contribution in [3.8, 4) is 5.75 Å². The smallest absolute Gasteiger partial charge is 0.401 e. The summed E-state index contributed by atoms with van der Waals surface area (Å²) in [5.74, 6) is -0.0301. The van der Waals surface area contributed by atoms with Crippen LogP contribution in [0.4, 0.5) is 22.7 Å². The molecule has 2 atom stereocenters. The zero-order valence-electron chi connectivity index (χ0n) is 19.4. The SMILES string of the molecule is O=S(=O)(Nc1ncns1)c1ccc2c(c1)OCCC2N1CCN(CC(F)(F)F)CC1c1ccc(F)cc1. The minimum absolute atomic E-state index is 0.00724. The molecule has 1 fully saturated rings. The molecule has 1 saturated heterocycles. The Kier molecular flexibility index (Phi) is 7.09. The highest BCUT2D eigenvalue weighted by molar-refractivity contribution is 7.93. The van der Waals surface area contributed by atoms with Gasteiger partial charge < -0.3 is 4.74 Å². The Hall–Kier alpha value is -2.81. The number of rotatable bonds is 6. The van der Waals surface area contributed by atoms with Crippen molar-refractivity contribution in [2.45, 2.75) is 29.6 Å². The van der Waals surface area contributed by atoms with E-state index in [2.05, 4.69) is 19.0 Å². The summed E-state index contributed by atoms with van der Waals surface area (Å²) in [5, 5.41) is 0.135. The van der Waals surface area contributed by atoms with E-state index in [0.717, 1.165) is 17.1 Å². The molecule has 14 heteroatoms. The summed E-state index contributed by atoms with van der Waals surface area (Å²) in [5.41, 5.74) is 1.46. The summed E-state index contributed by atoms with van der Waals surface area (Å²) < 4.78 is 90.6. The van der Waals surface area contributed by atoms with Gasteiger partial charge in [0.15, 0.2) is 0 Å². The van der Waals surface area contributed by atoms with Crippen LogP contribution >= 0.6 is 11.5 Å². The Morgan fingerprint density at radius 3 is 2.59 bits per heavy atom. The first-order valence-corrected chi connectivity index (χ1v) is 13.7. The summed E-state index contributed by atoms with van der Waals surface area (Å²) in [7, 11) is -3.93. The highest BCUT2D eigenvalue weighted by Gasteiger charge is 2.40. The fourth-order valence-electron chi connectivity index (χ4n) is 4.86. The van der Waals surface area contributed by atoms with Crippen LogP contribution in [0.2, 0.25) is 0 Å². The lowest BCUT2D eigenvalue weighted by molar-refractivity contribution is -0.153. The van der Waals surface area contributed by atoms with Crippen molar-refractivity contribution in [2.24, 2.45) is 0 Å². The van der Waals surface area contributed by atoms with Gasteiger partial charge in [0.1, 0.15) is 17.9 Å². The first-order valence-electron chi connectivity index (χ1n) is 11.5. The van der Waals surface area contributed by atoms with Gasteiger partial charge in [-0.3, -0.25) is 14.5 Å². The molecule has 3 aromatic rings. The van der Waals surface area contributed by atoms with Crippen LogP contribution in [-0.4, -0.2) is 66.5 Å².